The predicted molar refractivity (Wildman–Crippen MR) is 94.2 cm³/mol. The summed E-state index contributed by atoms with van der Waals surface area (Å²) in [5, 5.41) is 2.99. The van der Waals surface area contributed by atoms with Gasteiger partial charge in [-0.05, 0) is 37.3 Å². The van der Waals surface area contributed by atoms with Gasteiger partial charge in [0, 0.05) is 19.6 Å². The van der Waals surface area contributed by atoms with Gasteiger partial charge >= 0.3 is 0 Å². The molecule has 1 N–H and O–H groups in total. The first-order chi connectivity index (χ1) is 11.5. The zero-order chi connectivity index (χ0) is 17.0. The second-order valence-corrected chi connectivity index (χ2v) is 9.30. The highest BCUT2D eigenvalue weighted by Gasteiger charge is 2.33. The predicted octanol–water partition coefficient (Wildman–Crippen LogP) is 1.45. The Hall–Kier alpha value is -1.40. The molecule has 2 atom stereocenters. The van der Waals surface area contributed by atoms with Gasteiger partial charge in [-0.25, -0.2) is 8.42 Å². The Labute approximate surface area is 144 Å². The third kappa shape index (κ3) is 4.80. The molecule has 5 nitrogen and oxygen atoms in total. The SMILES string of the molecule is O=C(NCC1CCCN(Cc2ccccc2)C1)C1CCS(=O)(=O)C1. The maximum Gasteiger partial charge on any atom is 0.224 e. The van der Waals surface area contributed by atoms with Crippen LogP contribution in [0.3, 0.4) is 0 Å². The minimum absolute atomic E-state index is 0.0175. The molecule has 2 fully saturated rings. The number of likely N-dealkylation sites (tertiary alicyclic amines) is 1. The number of sulfone groups is 1. The summed E-state index contributed by atoms with van der Waals surface area (Å²) in [5.74, 6) is 0.183. The van der Waals surface area contributed by atoms with Gasteiger partial charge in [-0.2, -0.15) is 0 Å². The number of hydrogen-bond donors (Lipinski definition) is 1. The van der Waals surface area contributed by atoms with Gasteiger partial charge in [0.05, 0.1) is 17.4 Å². The lowest BCUT2D eigenvalue weighted by molar-refractivity contribution is -0.124. The maximum absolute atomic E-state index is 12.2. The molecule has 0 radical (unpaired) electrons. The molecule has 2 heterocycles. The van der Waals surface area contributed by atoms with Gasteiger partial charge in [0.2, 0.25) is 5.91 Å². The van der Waals surface area contributed by atoms with E-state index < -0.39 is 9.84 Å². The van der Waals surface area contributed by atoms with Crippen molar-refractivity contribution in [1.82, 2.24) is 10.2 Å². The van der Waals surface area contributed by atoms with Crippen LogP contribution in [0.15, 0.2) is 30.3 Å². The first-order valence-electron chi connectivity index (χ1n) is 8.76. The summed E-state index contributed by atoms with van der Waals surface area (Å²) in [6.45, 7) is 3.69. The van der Waals surface area contributed by atoms with Crippen LogP contribution in [0.5, 0.6) is 0 Å². The third-order valence-corrected chi connectivity index (χ3v) is 6.79. The summed E-state index contributed by atoms with van der Waals surface area (Å²) in [7, 11) is -3.00. The van der Waals surface area contributed by atoms with Crippen molar-refractivity contribution in [3.05, 3.63) is 35.9 Å². The molecule has 2 aliphatic heterocycles. The van der Waals surface area contributed by atoms with Gasteiger partial charge in [-0.1, -0.05) is 30.3 Å². The molecule has 1 aromatic carbocycles. The van der Waals surface area contributed by atoms with E-state index in [0.717, 1.165) is 32.5 Å². The van der Waals surface area contributed by atoms with Crippen LogP contribution in [0.1, 0.15) is 24.8 Å². The van der Waals surface area contributed by atoms with E-state index in [1.165, 1.54) is 5.56 Å². The van der Waals surface area contributed by atoms with Gasteiger partial charge in [-0.3, -0.25) is 9.69 Å². The summed E-state index contributed by atoms with van der Waals surface area (Å²) >= 11 is 0. The first kappa shape index (κ1) is 17.4. The molecule has 2 unspecified atom stereocenters. The molecular formula is C18H26N2O3S. The number of carbonyl (C=O) groups excluding carboxylic acids is 1. The van der Waals surface area contributed by atoms with Gasteiger partial charge in [0.25, 0.3) is 0 Å². The molecule has 132 valence electrons. The first-order valence-corrected chi connectivity index (χ1v) is 10.6. The highest BCUT2D eigenvalue weighted by atomic mass is 32.2. The Balaban J connectivity index is 1.45. The van der Waals surface area contributed by atoms with E-state index in [2.05, 4.69) is 34.5 Å². The van der Waals surface area contributed by atoms with E-state index in [1.54, 1.807) is 0 Å². The van der Waals surface area contributed by atoms with E-state index in [1.807, 2.05) is 6.07 Å². The Morgan fingerprint density at radius 1 is 1.21 bits per heavy atom. The standard InChI is InChI=1S/C18H26N2O3S/c21-18(17-8-10-24(22,23)14-17)19-11-16-7-4-9-20(13-16)12-15-5-2-1-3-6-15/h1-3,5-6,16-17H,4,7-14H2,(H,19,21). The smallest absolute Gasteiger partial charge is 0.224 e. The molecule has 24 heavy (non-hydrogen) atoms. The Bertz CT molecular complexity index is 660. The van der Waals surface area contributed by atoms with Gasteiger partial charge < -0.3 is 5.32 Å². The minimum Gasteiger partial charge on any atom is -0.356 e. The van der Waals surface area contributed by atoms with Crippen LogP contribution >= 0.6 is 0 Å². The van der Waals surface area contributed by atoms with E-state index in [-0.39, 0.29) is 23.3 Å². The zero-order valence-corrected chi connectivity index (χ0v) is 14.8. The van der Waals surface area contributed by atoms with Crippen LogP contribution in [-0.2, 0) is 21.2 Å². The number of hydrogen-bond acceptors (Lipinski definition) is 4. The molecule has 1 aromatic rings. The summed E-state index contributed by atoms with van der Waals surface area (Å²) in [6, 6.07) is 10.4. The lowest BCUT2D eigenvalue weighted by Gasteiger charge is -2.33. The molecule has 6 heteroatoms. The molecule has 3 rings (SSSR count). The number of carbonyl (C=O) groups is 1. The molecule has 0 saturated carbocycles. The van der Waals surface area contributed by atoms with Crippen LogP contribution in [0.2, 0.25) is 0 Å². The van der Waals surface area contributed by atoms with E-state index >= 15 is 0 Å². The molecule has 2 aliphatic rings. The monoisotopic (exact) mass is 350 g/mol. The molecule has 0 bridgehead atoms. The van der Waals surface area contributed by atoms with Gasteiger partial charge in [0.15, 0.2) is 9.84 Å². The van der Waals surface area contributed by atoms with Crippen molar-refractivity contribution in [3.8, 4) is 0 Å². The zero-order valence-electron chi connectivity index (χ0n) is 14.0. The minimum atomic E-state index is -3.00. The topological polar surface area (TPSA) is 66.5 Å². The fourth-order valence-electron chi connectivity index (χ4n) is 3.69. The molecule has 1 amide bonds. The molecule has 2 saturated heterocycles. The number of benzene rings is 1. The van der Waals surface area contributed by atoms with Crippen molar-refractivity contribution < 1.29 is 13.2 Å². The fraction of sp³-hybridized carbons (Fsp3) is 0.611. The quantitative estimate of drug-likeness (QED) is 0.873. The van der Waals surface area contributed by atoms with Crippen LogP contribution in [0, 0.1) is 11.8 Å². The lowest BCUT2D eigenvalue weighted by Crippen LogP contribution is -2.42. The molecular weight excluding hydrogens is 324 g/mol. The van der Waals surface area contributed by atoms with Crippen LogP contribution in [0.4, 0.5) is 0 Å². The Kier molecular flexibility index (Phi) is 5.56. The summed E-state index contributed by atoms with van der Waals surface area (Å²) in [5.41, 5.74) is 1.32. The van der Waals surface area contributed by atoms with Gasteiger partial charge in [0.1, 0.15) is 0 Å². The third-order valence-electron chi connectivity index (χ3n) is 5.02. The van der Waals surface area contributed by atoms with E-state index in [4.69, 9.17) is 0 Å². The van der Waals surface area contributed by atoms with Crippen molar-refractivity contribution in [3.63, 3.8) is 0 Å². The average Bonchev–Trinajstić information content (AvgIpc) is 2.94. The van der Waals surface area contributed by atoms with E-state index in [9.17, 15) is 13.2 Å². The van der Waals surface area contributed by atoms with Crippen molar-refractivity contribution in [2.75, 3.05) is 31.1 Å². The summed E-state index contributed by atoms with van der Waals surface area (Å²) < 4.78 is 23.0. The van der Waals surface area contributed by atoms with Crippen LogP contribution in [-0.4, -0.2) is 50.4 Å². The number of piperidine rings is 1. The second kappa shape index (κ2) is 7.66. The number of nitrogens with one attached hydrogen (secondary N) is 1. The largest absolute Gasteiger partial charge is 0.356 e. The van der Waals surface area contributed by atoms with E-state index in [0.29, 0.717) is 18.9 Å². The molecule has 0 spiro atoms. The van der Waals surface area contributed by atoms with Crippen LogP contribution in [0.25, 0.3) is 0 Å². The number of rotatable bonds is 5. The van der Waals surface area contributed by atoms with Crippen LogP contribution < -0.4 is 5.32 Å². The summed E-state index contributed by atoms with van der Waals surface area (Å²) in [6.07, 6.45) is 2.73. The fourth-order valence-corrected chi connectivity index (χ4v) is 5.44. The summed E-state index contributed by atoms with van der Waals surface area (Å²) in [4.78, 5) is 14.6. The Morgan fingerprint density at radius 3 is 2.71 bits per heavy atom. The normalized spacial score (nSPS) is 27.0. The maximum atomic E-state index is 12.2. The number of amides is 1. The van der Waals surface area contributed by atoms with Crippen molar-refractivity contribution >= 4 is 15.7 Å². The lowest BCUT2D eigenvalue weighted by atomic mass is 9.97. The second-order valence-electron chi connectivity index (χ2n) is 7.07. The van der Waals surface area contributed by atoms with Crippen molar-refractivity contribution in [2.24, 2.45) is 11.8 Å². The highest BCUT2D eigenvalue weighted by molar-refractivity contribution is 7.91. The van der Waals surface area contributed by atoms with Crippen molar-refractivity contribution in [1.29, 1.82) is 0 Å². The molecule has 0 aromatic heterocycles. The van der Waals surface area contributed by atoms with Gasteiger partial charge in [-0.15, -0.1) is 0 Å². The Morgan fingerprint density at radius 2 is 2.00 bits per heavy atom. The number of nitrogens with zero attached hydrogens (tertiary/aromatic N) is 1. The average molecular weight is 350 g/mol. The molecule has 0 aliphatic carbocycles. The highest BCUT2D eigenvalue weighted by Crippen LogP contribution is 2.20. The van der Waals surface area contributed by atoms with Crippen molar-refractivity contribution in [2.45, 2.75) is 25.8 Å².